The summed E-state index contributed by atoms with van der Waals surface area (Å²) in [7, 11) is 0. The molecule has 1 fully saturated rings. The van der Waals surface area contributed by atoms with Crippen molar-refractivity contribution in [2.45, 2.75) is 32.9 Å². The van der Waals surface area contributed by atoms with Crippen molar-refractivity contribution in [1.82, 2.24) is 19.6 Å². The van der Waals surface area contributed by atoms with Crippen LogP contribution >= 0.6 is 0 Å². The SMILES string of the molecule is CCCN(Cc1cn2cc(C)ccc2n1)C1CNC1. The second kappa shape index (κ2) is 5.31. The summed E-state index contributed by atoms with van der Waals surface area (Å²) >= 11 is 0. The van der Waals surface area contributed by atoms with Gasteiger partial charge in [-0.25, -0.2) is 4.98 Å². The molecule has 3 heterocycles. The first-order valence-corrected chi connectivity index (χ1v) is 7.15. The Morgan fingerprint density at radius 1 is 1.37 bits per heavy atom. The number of pyridine rings is 1. The zero-order valence-electron chi connectivity index (χ0n) is 11.8. The van der Waals surface area contributed by atoms with E-state index in [1.807, 2.05) is 0 Å². The summed E-state index contributed by atoms with van der Waals surface area (Å²) in [6, 6.07) is 4.89. The minimum absolute atomic E-state index is 0.687. The van der Waals surface area contributed by atoms with E-state index in [1.54, 1.807) is 0 Å². The number of imidazole rings is 1. The first-order chi connectivity index (χ1) is 9.26. The first kappa shape index (κ1) is 12.6. The lowest BCUT2D eigenvalue weighted by Gasteiger charge is -2.37. The van der Waals surface area contributed by atoms with Gasteiger partial charge in [-0.2, -0.15) is 0 Å². The fraction of sp³-hybridized carbons (Fsp3) is 0.533. The van der Waals surface area contributed by atoms with Crippen LogP contribution in [0.4, 0.5) is 0 Å². The smallest absolute Gasteiger partial charge is 0.137 e. The molecule has 19 heavy (non-hydrogen) atoms. The predicted molar refractivity (Wildman–Crippen MR) is 77.3 cm³/mol. The molecule has 0 radical (unpaired) electrons. The van der Waals surface area contributed by atoms with Crippen LogP contribution in [0, 0.1) is 6.92 Å². The number of aromatic nitrogens is 2. The molecule has 0 bridgehead atoms. The van der Waals surface area contributed by atoms with Crippen molar-refractivity contribution in [3.63, 3.8) is 0 Å². The summed E-state index contributed by atoms with van der Waals surface area (Å²) in [5.41, 5.74) is 3.49. The number of hydrogen-bond acceptors (Lipinski definition) is 3. The van der Waals surface area contributed by atoms with E-state index in [0.29, 0.717) is 6.04 Å². The van der Waals surface area contributed by atoms with E-state index in [2.05, 4.69) is 53.0 Å². The molecule has 0 aromatic carbocycles. The molecule has 4 nitrogen and oxygen atoms in total. The summed E-state index contributed by atoms with van der Waals surface area (Å²) in [5, 5.41) is 3.35. The molecule has 1 aliphatic heterocycles. The molecule has 2 aromatic rings. The Morgan fingerprint density at radius 3 is 2.89 bits per heavy atom. The first-order valence-electron chi connectivity index (χ1n) is 7.15. The molecule has 0 aliphatic carbocycles. The van der Waals surface area contributed by atoms with Crippen LogP contribution in [-0.4, -0.2) is 40.0 Å². The van der Waals surface area contributed by atoms with Crippen molar-refractivity contribution < 1.29 is 0 Å². The monoisotopic (exact) mass is 258 g/mol. The number of hydrogen-bond donors (Lipinski definition) is 1. The zero-order valence-corrected chi connectivity index (χ0v) is 11.8. The Bertz CT molecular complexity index is 556. The van der Waals surface area contributed by atoms with Gasteiger partial charge in [-0.3, -0.25) is 4.90 Å². The fourth-order valence-corrected chi connectivity index (χ4v) is 2.65. The van der Waals surface area contributed by atoms with E-state index in [1.165, 1.54) is 17.7 Å². The Hall–Kier alpha value is -1.39. The van der Waals surface area contributed by atoms with Gasteiger partial charge >= 0.3 is 0 Å². The van der Waals surface area contributed by atoms with Crippen LogP contribution in [-0.2, 0) is 6.54 Å². The molecule has 0 spiro atoms. The third-order valence-electron chi connectivity index (χ3n) is 3.80. The van der Waals surface area contributed by atoms with E-state index in [4.69, 9.17) is 4.98 Å². The molecule has 2 aromatic heterocycles. The summed E-state index contributed by atoms with van der Waals surface area (Å²) in [5.74, 6) is 0. The molecule has 3 rings (SSSR count). The van der Waals surface area contributed by atoms with Gasteiger partial charge in [0.2, 0.25) is 0 Å². The van der Waals surface area contributed by atoms with E-state index in [0.717, 1.165) is 31.8 Å². The molecule has 0 unspecified atom stereocenters. The highest BCUT2D eigenvalue weighted by molar-refractivity contribution is 5.41. The van der Waals surface area contributed by atoms with Crippen LogP contribution in [0.15, 0.2) is 24.5 Å². The summed E-state index contributed by atoms with van der Waals surface area (Å²) < 4.78 is 2.13. The van der Waals surface area contributed by atoms with Crippen molar-refractivity contribution in [2.24, 2.45) is 0 Å². The highest BCUT2D eigenvalue weighted by atomic mass is 15.2. The summed E-state index contributed by atoms with van der Waals surface area (Å²) in [4.78, 5) is 7.26. The third kappa shape index (κ3) is 2.65. The van der Waals surface area contributed by atoms with E-state index in [9.17, 15) is 0 Å². The maximum atomic E-state index is 4.72. The normalized spacial score (nSPS) is 16.2. The van der Waals surface area contributed by atoms with Gasteiger partial charge in [0.25, 0.3) is 0 Å². The minimum Gasteiger partial charge on any atom is -0.314 e. The van der Waals surface area contributed by atoms with Gasteiger partial charge in [0.15, 0.2) is 0 Å². The molecule has 1 N–H and O–H groups in total. The quantitative estimate of drug-likeness (QED) is 0.888. The van der Waals surface area contributed by atoms with Crippen molar-refractivity contribution in [3.8, 4) is 0 Å². The fourth-order valence-electron chi connectivity index (χ4n) is 2.65. The van der Waals surface area contributed by atoms with Crippen LogP contribution in [0.3, 0.4) is 0 Å². The zero-order chi connectivity index (χ0) is 13.2. The highest BCUT2D eigenvalue weighted by Gasteiger charge is 2.24. The van der Waals surface area contributed by atoms with Crippen LogP contribution < -0.4 is 5.32 Å². The number of rotatable bonds is 5. The number of nitrogens with zero attached hydrogens (tertiary/aromatic N) is 3. The number of aryl methyl sites for hydroxylation is 1. The topological polar surface area (TPSA) is 32.6 Å². The molecular formula is C15H22N4. The highest BCUT2D eigenvalue weighted by Crippen LogP contribution is 2.13. The van der Waals surface area contributed by atoms with Crippen LogP contribution in [0.25, 0.3) is 5.65 Å². The largest absolute Gasteiger partial charge is 0.314 e. The third-order valence-corrected chi connectivity index (χ3v) is 3.80. The maximum Gasteiger partial charge on any atom is 0.137 e. The molecule has 102 valence electrons. The van der Waals surface area contributed by atoms with Gasteiger partial charge in [-0.15, -0.1) is 0 Å². The van der Waals surface area contributed by atoms with E-state index in [-0.39, 0.29) is 0 Å². The van der Waals surface area contributed by atoms with Crippen molar-refractivity contribution in [1.29, 1.82) is 0 Å². The van der Waals surface area contributed by atoms with E-state index >= 15 is 0 Å². The van der Waals surface area contributed by atoms with Gasteiger partial charge in [0, 0.05) is 38.1 Å². The second-order valence-corrected chi connectivity index (χ2v) is 5.49. The predicted octanol–water partition coefficient (Wildman–Crippen LogP) is 1.83. The summed E-state index contributed by atoms with van der Waals surface area (Å²) in [6.45, 7) is 8.70. The molecular weight excluding hydrogens is 236 g/mol. The molecule has 1 saturated heterocycles. The lowest BCUT2D eigenvalue weighted by molar-refractivity contribution is 0.136. The average molecular weight is 258 g/mol. The number of nitrogens with one attached hydrogen (secondary N) is 1. The van der Waals surface area contributed by atoms with Crippen molar-refractivity contribution >= 4 is 5.65 Å². The Kier molecular flexibility index (Phi) is 3.53. The Labute approximate surface area is 114 Å². The molecule has 0 saturated carbocycles. The van der Waals surface area contributed by atoms with Crippen molar-refractivity contribution in [2.75, 3.05) is 19.6 Å². The maximum absolute atomic E-state index is 4.72. The van der Waals surface area contributed by atoms with Crippen LogP contribution in [0.2, 0.25) is 0 Å². The average Bonchev–Trinajstić information content (AvgIpc) is 2.68. The Morgan fingerprint density at radius 2 is 2.21 bits per heavy atom. The molecule has 0 atom stereocenters. The molecule has 1 aliphatic rings. The van der Waals surface area contributed by atoms with Gasteiger partial charge in [-0.1, -0.05) is 13.0 Å². The van der Waals surface area contributed by atoms with Gasteiger partial charge in [0.05, 0.1) is 5.69 Å². The lowest BCUT2D eigenvalue weighted by atomic mass is 10.1. The number of fused-ring (bicyclic) bond motifs is 1. The van der Waals surface area contributed by atoms with Gasteiger partial charge in [-0.05, 0) is 31.5 Å². The van der Waals surface area contributed by atoms with Gasteiger partial charge < -0.3 is 9.72 Å². The van der Waals surface area contributed by atoms with Crippen LogP contribution in [0.1, 0.15) is 24.6 Å². The Balaban J connectivity index is 1.78. The standard InChI is InChI=1S/C15H22N4/c1-3-6-18(14-7-16-8-14)10-13-11-19-9-12(2)4-5-15(19)17-13/h4-5,9,11,14,16H,3,6-8,10H2,1-2H3. The molecule has 0 amide bonds. The molecule has 4 heteroatoms. The van der Waals surface area contributed by atoms with Crippen molar-refractivity contribution in [3.05, 3.63) is 35.8 Å². The van der Waals surface area contributed by atoms with E-state index < -0.39 is 0 Å². The summed E-state index contributed by atoms with van der Waals surface area (Å²) in [6.07, 6.45) is 5.50. The van der Waals surface area contributed by atoms with Crippen LogP contribution in [0.5, 0.6) is 0 Å². The minimum atomic E-state index is 0.687. The lowest BCUT2D eigenvalue weighted by Crippen LogP contribution is -2.57. The van der Waals surface area contributed by atoms with Gasteiger partial charge in [0.1, 0.15) is 5.65 Å². The second-order valence-electron chi connectivity index (χ2n) is 5.49.